The molecule has 0 aliphatic carbocycles. The normalized spacial score (nSPS) is 11.3. The summed E-state index contributed by atoms with van der Waals surface area (Å²) < 4.78 is 0. The fourth-order valence-electron chi connectivity index (χ4n) is 2.61. The number of rotatable bonds is 5. The summed E-state index contributed by atoms with van der Waals surface area (Å²) in [7, 11) is 0. The SMILES string of the molecule is CC(C)(C)N(CCNc1ccc2ccccc2c1[N+](=O)[O-])C(=O)O. The molecule has 1 amide bonds. The molecule has 128 valence electrons. The molecule has 0 fully saturated rings. The minimum Gasteiger partial charge on any atom is -0.465 e. The highest BCUT2D eigenvalue weighted by molar-refractivity contribution is 5.96. The lowest BCUT2D eigenvalue weighted by atomic mass is 10.1. The van der Waals surface area contributed by atoms with Gasteiger partial charge in [-0.3, -0.25) is 10.1 Å². The van der Waals surface area contributed by atoms with Gasteiger partial charge in [0.05, 0.1) is 10.3 Å². The van der Waals surface area contributed by atoms with Crippen LogP contribution in [0.3, 0.4) is 0 Å². The van der Waals surface area contributed by atoms with Gasteiger partial charge in [-0.2, -0.15) is 0 Å². The van der Waals surface area contributed by atoms with Crippen molar-refractivity contribution in [2.45, 2.75) is 26.3 Å². The Morgan fingerprint density at radius 1 is 1.25 bits per heavy atom. The van der Waals surface area contributed by atoms with E-state index in [9.17, 15) is 20.0 Å². The second-order valence-corrected chi connectivity index (χ2v) is 6.47. The summed E-state index contributed by atoms with van der Waals surface area (Å²) >= 11 is 0. The van der Waals surface area contributed by atoms with Gasteiger partial charge in [0.15, 0.2) is 0 Å². The minimum absolute atomic E-state index is 0.00531. The number of amides is 1. The van der Waals surface area contributed by atoms with Gasteiger partial charge in [-0.1, -0.05) is 24.3 Å². The Kier molecular flexibility index (Phi) is 4.92. The van der Waals surface area contributed by atoms with Crippen molar-refractivity contribution in [2.75, 3.05) is 18.4 Å². The van der Waals surface area contributed by atoms with E-state index in [-0.39, 0.29) is 18.8 Å². The first-order valence-corrected chi connectivity index (χ1v) is 7.62. The van der Waals surface area contributed by atoms with E-state index >= 15 is 0 Å². The van der Waals surface area contributed by atoms with Crippen LogP contribution in [0.5, 0.6) is 0 Å². The third-order valence-corrected chi connectivity index (χ3v) is 3.77. The number of carboxylic acid groups (broad SMARTS) is 1. The largest absolute Gasteiger partial charge is 0.465 e. The molecular weight excluding hydrogens is 310 g/mol. The maximum Gasteiger partial charge on any atom is 0.407 e. The summed E-state index contributed by atoms with van der Waals surface area (Å²) in [6, 6.07) is 10.6. The molecule has 0 bridgehead atoms. The lowest BCUT2D eigenvalue weighted by molar-refractivity contribution is -0.382. The van der Waals surface area contributed by atoms with Crippen LogP contribution in [0.25, 0.3) is 10.8 Å². The van der Waals surface area contributed by atoms with Crippen LogP contribution in [0.1, 0.15) is 20.8 Å². The molecule has 0 saturated carbocycles. The highest BCUT2D eigenvalue weighted by Gasteiger charge is 2.26. The van der Waals surface area contributed by atoms with Crippen molar-refractivity contribution in [3.63, 3.8) is 0 Å². The van der Waals surface area contributed by atoms with E-state index in [4.69, 9.17) is 0 Å². The maximum atomic E-state index is 11.5. The highest BCUT2D eigenvalue weighted by Crippen LogP contribution is 2.33. The number of carbonyl (C=O) groups is 1. The fourth-order valence-corrected chi connectivity index (χ4v) is 2.61. The van der Waals surface area contributed by atoms with Crippen molar-refractivity contribution in [1.82, 2.24) is 4.90 Å². The zero-order chi connectivity index (χ0) is 17.9. The number of fused-ring (bicyclic) bond motifs is 1. The molecule has 2 N–H and O–H groups in total. The molecule has 0 aromatic heterocycles. The van der Waals surface area contributed by atoms with E-state index in [0.717, 1.165) is 5.39 Å². The molecule has 0 spiro atoms. The Labute approximate surface area is 140 Å². The fraction of sp³-hybridized carbons (Fsp3) is 0.353. The summed E-state index contributed by atoms with van der Waals surface area (Å²) in [5.74, 6) is 0. The summed E-state index contributed by atoms with van der Waals surface area (Å²) in [5, 5.41) is 25.1. The van der Waals surface area contributed by atoms with Crippen LogP contribution in [-0.4, -0.2) is 39.7 Å². The summed E-state index contributed by atoms with van der Waals surface area (Å²) in [6.07, 6.45) is -1.02. The smallest absolute Gasteiger partial charge is 0.407 e. The lowest BCUT2D eigenvalue weighted by Crippen LogP contribution is -2.47. The summed E-state index contributed by atoms with van der Waals surface area (Å²) in [5.41, 5.74) is -0.147. The van der Waals surface area contributed by atoms with Crippen molar-refractivity contribution < 1.29 is 14.8 Å². The maximum absolute atomic E-state index is 11.5. The number of nitrogens with one attached hydrogen (secondary N) is 1. The monoisotopic (exact) mass is 331 g/mol. The van der Waals surface area contributed by atoms with Gasteiger partial charge in [0.25, 0.3) is 5.69 Å². The van der Waals surface area contributed by atoms with Gasteiger partial charge >= 0.3 is 6.09 Å². The first-order chi connectivity index (χ1) is 11.2. The second-order valence-electron chi connectivity index (χ2n) is 6.47. The number of hydrogen-bond acceptors (Lipinski definition) is 4. The Bertz CT molecular complexity index is 768. The Morgan fingerprint density at radius 2 is 1.92 bits per heavy atom. The quantitative estimate of drug-likeness (QED) is 0.639. The number of nitro groups is 1. The average Bonchev–Trinajstić information content (AvgIpc) is 2.49. The molecule has 0 heterocycles. The number of benzene rings is 2. The molecule has 0 atom stereocenters. The zero-order valence-electron chi connectivity index (χ0n) is 13.9. The van der Waals surface area contributed by atoms with E-state index in [1.165, 1.54) is 4.90 Å². The van der Waals surface area contributed by atoms with Gasteiger partial charge in [0, 0.05) is 18.6 Å². The van der Waals surface area contributed by atoms with Crippen LogP contribution >= 0.6 is 0 Å². The van der Waals surface area contributed by atoms with E-state index in [2.05, 4.69) is 5.32 Å². The van der Waals surface area contributed by atoms with Gasteiger partial charge in [-0.15, -0.1) is 0 Å². The van der Waals surface area contributed by atoms with Crippen molar-refractivity contribution in [3.05, 3.63) is 46.5 Å². The van der Waals surface area contributed by atoms with E-state index < -0.39 is 16.6 Å². The van der Waals surface area contributed by atoms with Crippen LogP contribution in [0.4, 0.5) is 16.2 Å². The van der Waals surface area contributed by atoms with Crippen molar-refractivity contribution in [1.29, 1.82) is 0 Å². The van der Waals surface area contributed by atoms with Gasteiger partial charge < -0.3 is 15.3 Å². The first-order valence-electron chi connectivity index (χ1n) is 7.62. The third-order valence-electron chi connectivity index (χ3n) is 3.77. The van der Waals surface area contributed by atoms with Crippen molar-refractivity contribution in [2.24, 2.45) is 0 Å². The molecule has 0 saturated heterocycles. The Morgan fingerprint density at radius 3 is 2.50 bits per heavy atom. The summed E-state index contributed by atoms with van der Waals surface area (Å²) in [6.45, 7) is 5.92. The van der Waals surface area contributed by atoms with Gasteiger partial charge in [-0.05, 0) is 38.3 Å². The number of nitro benzene ring substituents is 1. The molecule has 2 aromatic rings. The molecule has 7 heteroatoms. The van der Waals surface area contributed by atoms with Crippen LogP contribution in [0.2, 0.25) is 0 Å². The van der Waals surface area contributed by atoms with Crippen molar-refractivity contribution in [3.8, 4) is 0 Å². The molecule has 2 aromatic carbocycles. The first kappa shape index (κ1) is 17.5. The van der Waals surface area contributed by atoms with Gasteiger partial charge in [0.2, 0.25) is 0 Å². The molecule has 0 aliphatic rings. The highest BCUT2D eigenvalue weighted by atomic mass is 16.6. The molecular formula is C17H21N3O4. The van der Waals surface area contributed by atoms with E-state index in [0.29, 0.717) is 11.1 Å². The van der Waals surface area contributed by atoms with E-state index in [1.807, 2.05) is 18.2 Å². The van der Waals surface area contributed by atoms with Crippen LogP contribution in [0, 0.1) is 10.1 Å². The standard InChI is InChI=1S/C17H21N3O4/c1-17(2,3)19(16(21)22)11-10-18-14-9-8-12-6-4-5-7-13(12)15(14)20(23)24/h4-9,18H,10-11H2,1-3H3,(H,21,22). The zero-order valence-corrected chi connectivity index (χ0v) is 13.9. The van der Waals surface area contributed by atoms with Gasteiger partial charge in [0.1, 0.15) is 5.69 Å². The number of nitrogens with zero attached hydrogens (tertiary/aromatic N) is 2. The lowest BCUT2D eigenvalue weighted by Gasteiger charge is -2.33. The predicted molar refractivity (Wildman–Crippen MR) is 93.6 cm³/mol. The molecule has 0 radical (unpaired) electrons. The molecule has 24 heavy (non-hydrogen) atoms. The van der Waals surface area contributed by atoms with Crippen LogP contribution < -0.4 is 5.32 Å². The van der Waals surface area contributed by atoms with Crippen molar-refractivity contribution >= 4 is 28.2 Å². The molecule has 0 aliphatic heterocycles. The average molecular weight is 331 g/mol. The minimum atomic E-state index is -1.02. The summed E-state index contributed by atoms with van der Waals surface area (Å²) in [4.78, 5) is 23.7. The van der Waals surface area contributed by atoms with Gasteiger partial charge in [-0.25, -0.2) is 4.79 Å². The molecule has 0 unspecified atom stereocenters. The number of hydrogen-bond donors (Lipinski definition) is 2. The molecule has 2 rings (SSSR count). The van der Waals surface area contributed by atoms with E-state index in [1.54, 1.807) is 39.0 Å². The topological polar surface area (TPSA) is 95.7 Å². The van der Waals surface area contributed by atoms with Crippen LogP contribution in [0.15, 0.2) is 36.4 Å². The number of anilines is 1. The predicted octanol–water partition coefficient (Wildman–Crippen LogP) is 3.94. The second kappa shape index (κ2) is 6.74. The Hall–Kier alpha value is -2.83. The molecule has 7 nitrogen and oxygen atoms in total. The Balaban J connectivity index is 2.23. The third kappa shape index (κ3) is 3.73. The van der Waals surface area contributed by atoms with Crippen LogP contribution in [-0.2, 0) is 0 Å².